The molecule has 1 aliphatic heterocycles. The van der Waals surface area contributed by atoms with Crippen LogP contribution in [0.3, 0.4) is 0 Å². The van der Waals surface area contributed by atoms with Crippen molar-refractivity contribution in [2.24, 2.45) is 0 Å². The number of piperazine rings is 1. The van der Waals surface area contributed by atoms with Crippen LogP contribution in [-0.2, 0) is 13.2 Å². The molecule has 0 aromatic heterocycles. The van der Waals surface area contributed by atoms with Crippen LogP contribution < -0.4 is 14.8 Å². The Morgan fingerprint density at radius 1 is 1.21 bits per heavy atom. The minimum absolute atomic E-state index is 0.495. The number of nitrogens with zero attached hydrogens (tertiary/aromatic N) is 1. The quantitative estimate of drug-likeness (QED) is 0.879. The van der Waals surface area contributed by atoms with Crippen LogP contribution in [0, 0.1) is 0 Å². The summed E-state index contributed by atoms with van der Waals surface area (Å²) in [6.07, 6.45) is 0. The molecule has 2 rings (SSSR count). The number of alkyl halides is 1. The minimum Gasteiger partial charge on any atom is -0.493 e. The van der Waals surface area contributed by atoms with Gasteiger partial charge >= 0.3 is 0 Å². The summed E-state index contributed by atoms with van der Waals surface area (Å²) in [6, 6.07) is 3.80. The maximum Gasteiger partial charge on any atom is 0.166 e. The van der Waals surface area contributed by atoms with Crippen LogP contribution in [0.4, 0.5) is 4.39 Å². The van der Waals surface area contributed by atoms with Crippen molar-refractivity contribution in [3.8, 4) is 11.5 Å². The Morgan fingerprint density at radius 2 is 1.95 bits per heavy atom. The van der Waals surface area contributed by atoms with E-state index in [-0.39, 0.29) is 0 Å². The summed E-state index contributed by atoms with van der Waals surface area (Å²) in [6.45, 7) is 4.30. The van der Waals surface area contributed by atoms with Crippen molar-refractivity contribution >= 4 is 0 Å². The number of benzene rings is 1. The van der Waals surface area contributed by atoms with E-state index >= 15 is 0 Å². The Kier molecular flexibility index (Phi) is 4.99. The molecular weight excluding hydrogens is 247 g/mol. The fourth-order valence-corrected chi connectivity index (χ4v) is 2.42. The van der Waals surface area contributed by atoms with Gasteiger partial charge < -0.3 is 14.8 Å². The smallest absolute Gasteiger partial charge is 0.166 e. The fourth-order valence-electron chi connectivity index (χ4n) is 2.42. The number of ether oxygens (including phenoxy) is 2. The molecule has 5 heteroatoms. The molecule has 1 aromatic rings. The summed E-state index contributed by atoms with van der Waals surface area (Å²) in [5.41, 5.74) is 1.61. The second-order valence-corrected chi connectivity index (χ2v) is 4.65. The van der Waals surface area contributed by atoms with Gasteiger partial charge in [0.2, 0.25) is 0 Å². The first-order valence-electron chi connectivity index (χ1n) is 6.51. The lowest BCUT2D eigenvalue weighted by Gasteiger charge is -2.27. The topological polar surface area (TPSA) is 33.7 Å². The molecule has 1 heterocycles. The van der Waals surface area contributed by atoms with Gasteiger partial charge in [0, 0.05) is 38.3 Å². The zero-order valence-electron chi connectivity index (χ0n) is 11.5. The highest BCUT2D eigenvalue weighted by molar-refractivity contribution is 5.49. The molecular formula is C14H21FN2O2. The van der Waals surface area contributed by atoms with Crippen LogP contribution in [0.25, 0.3) is 0 Å². The number of hydrogen-bond acceptors (Lipinski definition) is 4. The van der Waals surface area contributed by atoms with Gasteiger partial charge in [0.25, 0.3) is 0 Å². The number of rotatable bonds is 5. The van der Waals surface area contributed by atoms with Crippen molar-refractivity contribution in [2.75, 3.05) is 40.4 Å². The van der Waals surface area contributed by atoms with Crippen LogP contribution >= 0.6 is 0 Å². The average molecular weight is 268 g/mol. The highest BCUT2D eigenvalue weighted by Gasteiger charge is 2.15. The van der Waals surface area contributed by atoms with E-state index in [2.05, 4.69) is 10.2 Å². The molecule has 0 atom stereocenters. The maximum absolute atomic E-state index is 13.1. The molecule has 0 aliphatic carbocycles. The van der Waals surface area contributed by atoms with Crippen molar-refractivity contribution in [1.82, 2.24) is 10.2 Å². The minimum atomic E-state index is -0.547. The van der Waals surface area contributed by atoms with Crippen molar-refractivity contribution in [3.63, 3.8) is 0 Å². The molecule has 106 valence electrons. The molecule has 19 heavy (non-hydrogen) atoms. The predicted molar refractivity (Wildman–Crippen MR) is 72.5 cm³/mol. The summed E-state index contributed by atoms with van der Waals surface area (Å²) in [5.74, 6) is 1.09. The van der Waals surface area contributed by atoms with Crippen molar-refractivity contribution in [1.29, 1.82) is 0 Å². The molecule has 1 N–H and O–H groups in total. The second kappa shape index (κ2) is 6.73. The summed E-state index contributed by atoms with van der Waals surface area (Å²) in [7, 11) is 3.11. The van der Waals surface area contributed by atoms with Gasteiger partial charge in [-0.1, -0.05) is 0 Å². The molecule has 4 nitrogen and oxygen atoms in total. The van der Waals surface area contributed by atoms with E-state index in [1.165, 1.54) is 7.11 Å². The van der Waals surface area contributed by atoms with Gasteiger partial charge in [0.1, 0.15) is 6.67 Å². The van der Waals surface area contributed by atoms with E-state index in [1.807, 2.05) is 12.1 Å². The van der Waals surface area contributed by atoms with Crippen molar-refractivity contribution in [2.45, 2.75) is 13.2 Å². The van der Waals surface area contributed by atoms with Gasteiger partial charge in [-0.25, -0.2) is 4.39 Å². The second-order valence-electron chi connectivity index (χ2n) is 4.65. The van der Waals surface area contributed by atoms with E-state index in [9.17, 15) is 4.39 Å². The molecule has 0 bridgehead atoms. The third kappa shape index (κ3) is 3.36. The molecule has 0 amide bonds. The molecule has 1 aliphatic rings. The first-order chi connectivity index (χ1) is 9.28. The molecule has 0 spiro atoms. The third-order valence-electron chi connectivity index (χ3n) is 3.38. The molecule has 1 aromatic carbocycles. The van der Waals surface area contributed by atoms with Gasteiger partial charge in [-0.05, 0) is 17.7 Å². The number of nitrogens with one attached hydrogen (secondary N) is 1. The predicted octanol–water partition coefficient (Wildman–Crippen LogP) is 1.58. The monoisotopic (exact) mass is 268 g/mol. The summed E-state index contributed by atoms with van der Waals surface area (Å²) < 4.78 is 23.6. The molecule has 1 fully saturated rings. The number of halogens is 1. The summed E-state index contributed by atoms with van der Waals surface area (Å²) in [4.78, 5) is 2.35. The van der Waals surface area contributed by atoms with E-state index in [0.29, 0.717) is 17.1 Å². The van der Waals surface area contributed by atoms with E-state index in [4.69, 9.17) is 9.47 Å². The third-order valence-corrected chi connectivity index (χ3v) is 3.38. The summed E-state index contributed by atoms with van der Waals surface area (Å²) >= 11 is 0. The zero-order valence-corrected chi connectivity index (χ0v) is 11.5. The Hall–Kier alpha value is -1.33. The van der Waals surface area contributed by atoms with Crippen LogP contribution in [0.5, 0.6) is 11.5 Å². The van der Waals surface area contributed by atoms with Crippen LogP contribution in [0.1, 0.15) is 11.1 Å². The zero-order chi connectivity index (χ0) is 13.7. The van der Waals surface area contributed by atoms with Gasteiger partial charge in [0.15, 0.2) is 11.5 Å². The molecule has 1 saturated heterocycles. The van der Waals surface area contributed by atoms with Gasteiger partial charge in [-0.2, -0.15) is 0 Å². The fraction of sp³-hybridized carbons (Fsp3) is 0.571. The molecule has 0 unspecified atom stereocenters. The van der Waals surface area contributed by atoms with Gasteiger partial charge in [0.05, 0.1) is 14.2 Å². The van der Waals surface area contributed by atoms with Crippen LogP contribution in [0.15, 0.2) is 12.1 Å². The first-order valence-corrected chi connectivity index (χ1v) is 6.51. The summed E-state index contributed by atoms with van der Waals surface area (Å²) in [5, 5.41) is 3.32. The standard InChI is InChI=1S/C14H21FN2O2/c1-18-13-8-11(7-12(9-15)14(13)19-2)10-17-5-3-16-4-6-17/h7-8,16H,3-6,9-10H2,1-2H3. The Labute approximate surface area is 113 Å². The maximum atomic E-state index is 13.1. The number of methoxy groups -OCH3 is 2. The molecule has 0 radical (unpaired) electrons. The first kappa shape index (κ1) is 14.1. The van der Waals surface area contributed by atoms with E-state index < -0.39 is 6.67 Å². The lowest BCUT2D eigenvalue weighted by Crippen LogP contribution is -2.42. The SMILES string of the molecule is COc1cc(CN2CCNCC2)cc(CF)c1OC. The highest BCUT2D eigenvalue weighted by atomic mass is 19.1. The van der Waals surface area contributed by atoms with Gasteiger partial charge in [-0.15, -0.1) is 0 Å². The average Bonchev–Trinajstić information content (AvgIpc) is 2.47. The van der Waals surface area contributed by atoms with E-state index in [1.54, 1.807) is 7.11 Å². The lowest BCUT2D eigenvalue weighted by molar-refractivity contribution is 0.232. The Bertz CT molecular complexity index is 395. The van der Waals surface area contributed by atoms with E-state index in [0.717, 1.165) is 38.3 Å². The van der Waals surface area contributed by atoms with Crippen molar-refractivity contribution in [3.05, 3.63) is 23.3 Å². The van der Waals surface area contributed by atoms with Crippen molar-refractivity contribution < 1.29 is 13.9 Å². The lowest BCUT2D eigenvalue weighted by atomic mass is 10.1. The van der Waals surface area contributed by atoms with Crippen LogP contribution in [0.2, 0.25) is 0 Å². The van der Waals surface area contributed by atoms with Crippen LogP contribution in [-0.4, -0.2) is 45.3 Å². The Morgan fingerprint density at radius 3 is 2.53 bits per heavy atom. The molecule has 0 saturated carbocycles. The van der Waals surface area contributed by atoms with Gasteiger partial charge in [-0.3, -0.25) is 4.90 Å². The highest BCUT2D eigenvalue weighted by Crippen LogP contribution is 2.33. The Balaban J connectivity index is 2.20. The largest absolute Gasteiger partial charge is 0.493 e. The normalized spacial score (nSPS) is 16.4. The number of hydrogen-bond donors (Lipinski definition) is 1.